The second-order valence-corrected chi connectivity index (χ2v) is 14.5. The number of likely N-dealkylation sites (tertiary alicyclic amines) is 1. The molecule has 2 saturated heterocycles. The molecule has 0 unspecified atom stereocenters. The number of aromatic amines is 2. The first-order chi connectivity index (χ1) is 22.6. The van der Waals surface area contributed by atoms with Gasteiger partial charge in [-0.2, -0.15) is 0 Å². The lowest BCUT2D eigenvalue weighted by Crippen LogP contribution is -2.37. The molecular formula is C36H42N6O5. The fraction of sp³-hybridized carbons (Fsp3) is 0.472. The van der Waals surface area contributed by atoms with E-state index in [1.807, 2.05) is 33.2 Å². The van der Waals surface area contributed by atoms with Gasteiger partial charge in [0.15, 0.2) is 0 Å². The summed E-state index contributed by atoms with van der Waals surface area (Å²) < 4.78 is 24.0. The Morgan fingerprint density at radius 1 is 0.936 bits per heavy atom. The van der Waals surface area contributed by atoms with Crippen molar-refractivity contribution < 1.29 is 23.7 Å². The van der Waals surface area contributed by atoms with Crippen LogP contribution in [0.15, 0.2) is 36.7 Å². The summed E-state index contributed by atoms with van der Waals surface area (Å²) in [6, 6.07) is 8.55. The molecule has 2 aromatic carbocycles. The van der Waals surface area contributed by atoms with Crippen LogP contribution in [0.2, 0.25) is 0 Å². The lowest BCUT2D eigenvalue weighted by molar-refractivity contribution is 0.0208. The monoisotopic (exact) mass is 638 g/mol. The molecule has 0 aliphatic carbocycles. The number of aromatic nitrogens is 4. The molecular weight excluding hydrogens is 596 g/mol. The Kier molecular flexibility index (Phi) is 7.29. The Labute approximate surface area is 274 Å². The maximum absolute atomic E-state index is 13.2. The van der Waals surface area contributed by atoms with Crippen molar-refractivity contribution in [2.45, 2.75) is 71.4 Å². The number of H-pyrrole nitrogens is 2. The summed E-state index contributed by atoms with van der Waals surface area (Å²) in [5.74, 6) is 4.25. The summed E-state index contributed by atoms with van der Waals surface area (Å²) in [4.78, 5) is 31.5. The molecule has 4 aliphatic heterocycles. The second-order valence-electron chi connectivity index (χ2n) is 14.5. The third-order valence-corrected chi connectivity index (χ3v) is 9.61. The van der Waals surface area contributed by atoms with Crippen LogP contribution in [0.3, 0.4) is 0 Å². The summed E-state index contributed by atoms with van der Waals surface area (Å²) in [5.41, 5.74) is 7.60. The lowest BCUT2D eigenvalue weighted by atomic mass is 9.87. The first-order valence-corrected chi connectivity index (χ1v) is 16.6. The van der Waals surface area contributed by atoms with E-state index in [-0.39, 0.29) is 24.1 Å². The minimum atomic E-state index is -0.587. The van der Waals surface area contributed by atoms with Crippen molar-refractivity contribution in [3.05, 3.63) is 59.4 Å². The van der Waals surface area contributed by atoms with E-state index < -0.39 is 5.60 Å². The molecule has 47 heavy (non-hydrogen) atoms. The lowest BCUT2D eigenvalue weighted by Gasteiger charge is -2.30. The number of carbonyl (C=O) groups excluding carboxylic acids is 1. The van der Waals surface area contributed by atoms with Gasteiger partial charge in [0.05, 0.1) is 42.5 Å². The van der Waals surface area contributed by atoms with Crippen molar-refractivity contribution >= 4 is 6.09 Å². The molecule has 0 bridgehead atoms. The Morgan fingerprint density at radius 2 is 1.55 bits per heavy atom. The van der Waals surface area contributed by atoms with Gasteiger partial charge in [-0.15, -0.1) is 0 Å². The summed E-state index contributed by atoms with van der Waals surface area (Å²) in [6.45, 7) is 10.9. The summed E-state index contributed by atoms with van der Waals surface area (Å²) in [5, 5.41) is 3.56. The molecule has 11 heteroatoms. The molecule has 4 aliphatic rings. The van der Waals surface area contributed by atoms with E-state index in [2.05, 4.69) is 46.5 Å². The fourth-order valence-corrected chi connectivity index (χ4v) is 7.49. The molecule has 4 atom stereocenters. The average molecular weight is 639 g/mol. The van der Waals surface area contributed by atoms with E-state index in [9.17, 15) is 4.79 Å². The molecule has 4 aromatic rings. The van der Waals surface area contributed by atoms with E-state index in [1.54, 1.807) is 12.0 Å². The van der Waals surface area contributed by atoms with Gasteiger partial charge in [-0.3, -0.25) is 4.90 Å². The van der Waals surface area contributed by atoms with E-state index in [1.165, 1.54) is 0 Å². The highest BCUT2D eigenvalue weighted by atomic mass is 16.6. The Bertz CT molecular complexity index is 1790. The van der Waals surface area contributed by atoms with E-state index in [4.69, 9.17) is 28.9 Å². The van der Waals surface area contributed by atoms with Crippen LogP contribution >= 0.6 is 0 Å². The number of rotatable bonds is 6. The molecule has 8 rings (SSSR count). The maximum Gasteiger partial charge on any atom is 0.410 e. The largest absolute Gasteiger partial charge is 0.488 e. The van der Waals surface area contributed by atoms with Crippen molar-refractivity contribution in [3.63, 3.8) is 0 Å². The average Bonchev–Trinajstić information content (AvgIpc) is 3.85. The van der Waals surface area contributed by atoms with Crippen molar-refractivity contribution in [3.8, 4) is 45.1 Å². The van der Waals surface area contributed by atoms with Crippen LogP contribution in [-0.4, -0.2) is 63.3 Å². The van der Waals surface area contributed by atoms with Gasteiger partial charge < -0.3 is 34.2 Å². The van der Waals surface area contributed by atoms with Crippen LogP contribution in [0.4, 0.5) is 4.79 Å². The fourth-order valence-electron chi connectivity index (χ4n) is 7.49. The van der Waals surface area contributed by atoms with Crippen molar-refractivity contribution in [1.82, 2.24) is 30.2 Å². The predicted molar refractivity (Wildman–Crippen MR) is 176 cm³/mol. The van der Waals surface area contributed by atoms with Crippen LogP contribution in [0.25, 0.3) is 33.6 Å². The van der Waals surface area contributed by atoms with Crippen LogP contribution in [0, 0.1) is 11.8 Å². The second kappa shape index (κ2) is 11.4. The molecule has 246 valence electrons. The van der Waals surface area contributed by atoms with Gasteiger partial charge in [0.2, 0.25) is 0 Å². The quantitative estimate of drug-likeness (QED) is 0.218. The van der Waals surface area contributed by atoms with Gasteiger partial charge in [-0.1, -0.05) is 6.92 Å². The number of hydrogen-bond acceptors (Lipinski definition) is 8. The van der Waals surface area contributed by atoms with E-state index in [0.717, 1.165) is 87.3 Å². The number of nitrogens with zero attached hydrogens (tertiary/aromatic N) is 3. The molecule has 2 aromatic heterocycles. The Hall–Kier alpha value is -4.35. The molecule has 3 N–H and O–H groups in total. The number of ether oxygens (including phenoxy) is 4. The van der Waals surface area contributed by atoms with E-state index in [0.29, 0.717) is 32.3 Å². The SMILES string of the molecule is COC[C@H]1C[C@@H](c2ncc(-c3cc4c5c(c3)OCc3cc(-c6cnc([C@@H]7C[C@H](C)CN7)[nH]6)cc(c3-5)OC4)[nH]2)N(C(=O)OC(C)(C)C)C1. The minimum absolute atomic E-state index is 0.197. The number of methoxy groups -OCH3 is 1. The molecule has 2 fully saturated rings. The summed E-state index contributed by atoms with van der Waals surface area (Å²) >= 11 is 0. The number of carbonyl (C=O) groups is 1. The highest BCUT2D eigenvalue weighted by Gasteiger charge is 2.40. The summed E-state index contributed by atoms with van der Waals surface area (Å²) in [6.07, 6.45) is 5.24. The number of hydrogen-bond donors (Lipinski definition) is 3. The van der Waals surface area contributed by atoms with Crippen molar-refractivity contribution in [2.24, 2.45) is 11.8 Å². The first-order valence-electron chi connectivity index (χ1n) is 16.6. The van der Waals surface area contributed by atoms with Crippen LogP contribution in [-0.2, 0) is 22.7 Å². The zero-order valence-electron chi connectivity index (χ0n) is 27.6. The van der Waals surface area contributed by atoms with Gasteiger partial charge in [0.1, 0.15) is 42.0 Å². The van der Waals surface area contributed by atoms with Crippen molar-refractivity contribution in [2.75, 3.05) is 26.8 Å². The van der Waals surface area contributed by atoms with Gasteiger partial charge >= 0.3 is 6.09 Å². The minimum Gasteiger partial charge on any atom is -0.488 e. The molecule has 0 saturated carbocycles. The van der Waals surface area contributed by atoms with Crippen LogP contribution in [0.1, 0.15) is 75.4 Å². The van der Waals surface area contributed by atoms with Gasteiger partial charge in [0, 0.05) is 53.0 Å². The van der Waals surface area contributed by atoms with Crippen LogP contribution < -0.4 is 14.8 Å². The predicted octanol–water partition coefficient (Wildman–Crippen LogP) is 6.53. The Morgan fingerprint density at radius 3 is 2.13 bits per heavy atom. The number of nitrogens with one attached hydrogen (secondary N) is 3. The van der Waals surface area contributed by atoms with Gasteiger partial charge in [-0.25, -0.2) is 14.8 Å². The smallest absolute Gasteiger partial charge is 0.410 e. The molecule has 0 spiro atoms. The normalized spacial score (nSPS) is 23.0. The standard InChI is InChI=1S/C36H42N6O5/c1-19-6-25(37-12-19)33-38-13-26(40-33)21-8-23-17-46-30-11-22(9-24-18-45-29(10-21)31(23)32(24)30)27-14-39-34(41-27)28-7-20(16-44-5)15-42(28)35(43)47-36(2,3)4/h8-11,13-14,19-20,25,28,37H,6-7,12,15-18H2,1-5H3,(H,38,40)(H,39,41)/t19-,20-,25-,28-/m0/s1. The molecule has 1 amide bonds. The number of imidazole rings is 2. The molecule has 6 heterocycles. The molecule has 11 nitrogen and oxygen atoms in total. The van der Waals surface area contributed by atoms with Crippen molar-refractivity contribution in [1.29, 1.82) is 0 Å². The maximum atomic E-state index is 13.2. The Balaban J connectivity index is 1.07. The highest BCUT2D eigenvalue weighted by Crippen LogP contribution is 2.51. The summed E-state index contributed by atoms with van der Waals surface area (Å²) in [7, 11) is 1.69. The number of amides is 1. The number of benzene rings is 2. The van der Waals surface area contributed by atoms with Crippen LogP contribution in [0.5, 0.6) is 11.5 Å². The molecule has 0 radical (unpaired) electrons. The zero-order valence-corrected chi connectivity index (χ0v) is 27.6. The van der Waals surface area contributed by atoms with Gasteiger partial charge in [-0.05, 0) is 70.3 Å². The van der Waals surface area contributed by atoms with Gasteiger partial charge in [0.25, 0.3) is 0 Å². The first kappa shape index (κ1) is 30.0. The van der Waals surface area contributed by atoms with E-state index >= 15 is 0 Å². The third kappa shape index (κ3) is 5.55. The third-order valence-electron chi connectivity index (χ3n) is 9.61. The zero-order chi connectivity index (χ0) is 32.4. The topological polar surface area (TPSA) is 127 Å². The highest BCUT2D eigenvalue weighted by molar-refractivity contribution is 5.88.